The van der Waals surface area contributed by atoms with E-state index in [0.29, 0.717) is 18.4 Å². The first-order valence-corrected chi connectivity index (χ1v) is 9.13. The molecule has 2 atom stereocenters. The van der Waals surface area contributed by atoms with Gasteiger partial charge < -0.3 is 9.26 Å². The van der Waals surface area contributed by atoms with Gasteiger partial charge in [-0.3, -0.25) is 4.90 Å². The summed E-state index contributed by atoms with van der Waals surface area (Å²) in [6, 6.07) is 2.17. The van der Waals surface area contributed by atoms with Crippen molar-refractivity contribution in [3.63, 3.8) is 0 Å². The van der Waals surface area contributed by atoms with Gasteiger partial charge in [-0.25, -0.2) is 9.97 Å². The average Bonchev–Trinajstić information content (AvgIpc) is 3.39. The molecule has 7 heteroatoms. The molecule has 2 fully saturated rings. The average molecular weight is 343 g/mol. The molecule has 3 heterocycles. The lowest BCUT2D eigenvalue weighted by Crippen LogP contribution is -2.36. The van der Waals surface area contributed by atoms with Crippen molar-refractivity contribution >= 4 is 0 Å². The fourth-order valence-corrected chi connectivity index (χ4v) is 3.52. The van der Waals surface area contributed by atoms with E-state index in [2.05, 4.69) is 31.9 Å². The minimum absolute atomic E-state index is 0.142. The Labute approximate surface area is 147 Å². The van der Waals surface area contributed by atoms with Crippen LogP contribution in [0.1, 0.15) is 73.7 Å². The van der Waals surface area contributed by atoms with Gasteiger partial charge in [0, 0.05) is 37.4 Å². The van der Waals surface area contributed by atoms with Crippen LogP contribution in [0.3, 0.4) is 0 Å². The van der Waals surface area contributed by atoms with Gasteiger partial charge >= 0.3 is 0 Å². The third kappa shape index (κ3) is 3.72. The molecule has 4 rings (SSSR count). The van der Waals surface area contributed by atoms with Crippen molar-refractivity contribution in [2.24, 2.45) is 0 Å². The van der Waals surface area contributed by atoms with Gasteiger partial charge in [-0.1, -0.05) is 5.16 Å². The molecule has 0 aromatic carbocycles. The fourth-order valence-electron chi connectivity index (χ4n) is 3.52. The van der Waals surface area contributed by atoms with E-state index in [1.165, 1.54) is 12.8 Å². The summed E-state index contributed by atoms with van der Waals surface area (Å²) in [6.45, 7) is 4.61. The van der Waals surface area contributed by atoms with Crippen molar-refractivity contribution in [1.82, 2.24) is 25.0 Å². The molecule has 0 radical (unpaired) electrons. The Bertz CT molecular complexity index is 715. The van der Waals surface area contributed by atoms with Crippen LogP contribution < -0.4 is 0 Å². The fraction of sp³-hybridized carbons (Fsp3) is 0.667. The second kappa shape index (κ2) is 7.17. The van der Waals surface area contributed by atoms with E-state index in [0.717, 1.165) is 49.2 Å². The highest BCUT2D eigenvalue weighted by Crippen LogP contribution is 2.39. The van der Waals surface area contributed by atoms with Crippen molar-refractivity contribution in [2.75, 3.05) is 20.2 Å². The maximum Gasteiger partial charge on any atom is 0.243 e. The van der Waals surface area contributed by atoms with Crippen molar-refractivity contribution in [2.45, 2.75) is 57.1 Å². The van der Waals surface area contributed by atoms with Crippen LogP contribution in [0, 0.1) is 0 Å². The first-order valence-electron chi connectivity index (χ1n) is 9.13. The highest BCUT2D eigenvalue weighted by atomic mass is 16.5. The summed E-state index contributed by atoms with van der Waals surface area (Å²) in [4.78, 5) is 16.0. The van der Waals surface area contributed by atoms with Crippen LogP contribution >= 0.6 is 0 Å². The van der Waals surface area contributed by atoms with Crippen LogP contribution in [0.15, 0.2) is 16.8 Å². The highest BCUT2D eigenvalue weighted by Gasteiger charge is 2.32. The van der Waals surface area contributed by atoms with Gasteiger partial charge in [0.25, 0.3) is 0 Å². The van der Waals surface area contributed by atoms with Gasteiger partial charge in [-0.2, -0.15) is 4.98 Å². The zero-order valence-electron chi connectivity index (χ0n) is 14.9. The summed E-state index contributed by atoms with van der Waals surface area (Å²) in [5.74, 6) is 3.30. The van der Waals surface area contributed by atoms with Gasteiger partial charge in [0.15, 0.2) is 11.6 Å². The van der Waals surface area contributed by atoms with Crippen LogP contribution in [0.4, 0.5) is 0 Å². The number of rotatable bonds is 6. The minimum atomic E-state index is 0.142. The summed E-state index contributed by atoms with van der Waals surface area (Å²) in [5, 5.41) is 4.16. The van der Waals surface area contributed by atoms with Crippen LogP contribution in [0.2, 0.25) is 0 Å². The van der Waals surface area contributed by atoms with Gasteiger partial charge in [-0.15, -0.1) is 0 Å². The van der Waals surface area contributed by atoms with Gasteiger partial charge in [0.2, 0.25) is 5.89 Å². The molecule has 1 saturated carbocycles. The number of piperidine rings is 1. The first kappa shape index (κ1) is 16.6. The number of nitrogens with zero attached hydrogens (tertiary/aromatic N) is 5. The Morgan fingerprint density at radius 2 is 2.16 bits per heavy atom. The zero-order valence-corrected chi connectivity index (χ0v) is 14.9. The Balaban J connectivity index is 1.45. The van der Waals surface area contributed by atoms with Crippen molar-refractivity contribution in [1.29, 1.82) is 0 Å². The molecular formula is C18H25N5O2. The molecule has 0 bridgehead atoms. The van der Waals surface area contributed by atoms with Gasteiger partial charge in [0.05, 0.1) is 6.04 Å². The molecule has 1 aliphatic heterocycles. The number of likely N-dealkylation sites (tertiary alicyclic amines) is 1. The third-order valence-corrected chi connectivity index (χ3v) is 5.18. The van der Waals surface area contributed by atoms with Crippen LogP contribution in [0.25, 0.3) is 0 Å². The standard InChI is InChI=1S/C18H25N5O2/c1-12(18-21-17(22-25-18)13-5-6-13)23-9-3-4-14(10-23)15-7-8-19-16(20-15)11-24-2/h7-8,12-14H,3-6,9-11H2,1-2H3/t12-,14-/m0/s1. The summed E-state index contributed by atoms with van der Waals surface area (Å²) in [7, 11) is 1.67. The van der Waals surface area contributed by atoms with E-state index in [1.807, 2.05) is 12.3 Å². The molecule has 0 N–H and O–H groups in total. The molecule has 7 nitrogen and oxygen atoms in total. The number of methoxy groups -OCH3 is 1. The molecule has 0 unspecified atom stereocenters. The van der Waals surface area contributed by atoms with Gasteiger partial charge in [-0.05, 0) is 45.2 Å². The zero-order chi connectivity index (χ0) is 17.2. The van der Waals surface area contributed by atoms with Crippen molar-refractivity contribution < 1.29 is 9.26 Å². The quantitative estimate of drug-likeness (QED) is 0.798. The second-order valence-electron chi connectivity index (χ2n) is 7.11. The summed E-state index contributed by atoms with van der Waals surface area (Å²) in [6.07, 6.45) is 6.50. The molecule has 0 amide bonds. The van der Waals surface area contributed by atoms with Gasteiger partial charge in [0.1, 0.15) is 6.61 Å². The Morgan fingerprint density at radius 1 is 1.28 bits per heavy atom. The summed E-state index contributed by atoms with van der Waals surface area (Å²) in [5.41, 5.74) is 1.10. The summed E-state index contributed by atoms with van der Waals surface area (Å²) < 4.78 is 10.7. The maximum absolute atomic E-state index is 5.53. The number of hydrogen-bond donors (Lipinski definition) is 0. The van der Waals surface area contributed by atoms with E-state index < -0.39 is 0 Å². The van der Waals surface area contributed by atoms with Crippen LogP contribution in [0.5, 0.6) is 0 Å². The SMILES string of the molecule is COCc1nccc([C@H]2CCCN([C@@H](C)c3nc(C4CC4)no3)C2)n1. The lowest BCUT2D eigenvalue weighted by molar-refractivity contribution is 0.131. The molecule has 25 heavy (non-hydrogen) atoms. The topological polar surface area (TPSA) is 77.2 Å². The number of hydrogen-bond acceptors (Lipinski definition) is 7. The largest absolute Gasteiger partial charge is 0.377 e. The second-order valence-corrected chi connectivity index (χ2v) is 7.11. The molecule has 2 aliphatic rings. The molecule has 2 aromatic rings. The van der Waals surface area contributed by atoms with E-state index in [4.69, 9.17) is 9.26 Å². The number of ether oxygens (including phenoxy) is 1. The predicted molar refractivity (Wildman–Crippen MR) is 91.0 cm³/mol. The van der Waals surface area contributed by atoms with E-state index in [-0.39, 0.29) is 6.04 Å². The smallest absolute Gasteiger partial charge is 0.243 e. The summed E-state index contributed by atoms with van der Waals surface area (Å²) >= 11 is 0. The maximum atomic E-state index is 5.53. The normalized spacial score (nSPS) is 22.9. The third-order valence-electron chi connectivity index (χ3n) is 5.18. The lowest BCUT2D eigenvalue weighted by atomic mass is 9.93. The van der Waals surface area contributed by atoms with E-state index in [1.54, 1.807) is 7.11 Å². The molecule has 2 aromatic heterocycles. The molecule has 134 valence electrons. The van der Waals surface area contributed by atoms with E-state index >= 15 is 0 Å². The lowest BCUT2D eigenvalue weighted by Gasteiger charge is -2.35. The highest BCUT2D eigenvalue weighted by molar-refractivity contribution is 5.11. The predicted octanol–water partition coefficient (Wildman–Crippen LogP) is 2.82. The molecule has 1 aliphatic carbocycles. The Morgan fingerprint density at radius 3 is 2.96 bits per heavy atom. The molecule has 1 saturated heterocycles. The van der Waals surface area contributed by atoms with Crippen molar-refractivity contribution in [3.05, 3.63) is 35.5 Å². The Kier molecular flexibility index (Phi) is 4.76. The molecule has 0 spiro atoms. The molecular weight excluding hydrogens is 318 g/mol. The van der Waals surface area contributed by atoms with Crippen LogP contribution in [-0.4, -0.2) is 45.2 Å². The Hall–Kier alpha value is -1.86. The number of aromatic nitrogens is 4. The van der Waals surface area contributed by atoms with Crippen molar-refractivity contribution in [3.8, 4) is 0 Å². The van der Waals surface area contributed by atoms with E-state index in [9.17, 15) is 0 Å². The monoisotopic (exact) mass is 343 g/mol. The minimum Gasteiger partial charge on any atom is -0.377 e. The van der Waals surface area contributed by atoms with Crippen LogP contribution in [-0.2, 0) is 11.3 Å². The first-order chi connectivity index (χ1) is 12.2.